The molecule has 0 aromatic heterocycles. The normalized spacial score (nSPS) is 24.8. The number of halogens is 3. The average molecular weight is 452 g/mol. The summed E-state index contributed by atoms with van der Waals surface area (Å²) in [5.41, 5.74) is 1.65. The summed E-state index contributed by atoms with van der Waals surface area (Å²) in [6.07, 6.45) is -1.20. The van der Waals surface area contributed by atoms with Crippen molar-refractivity contribution in [1.29, 1.82) is 0 Å². The lowest BCUT2D eigenvalue weighted by Crippen LogP contribution is -2.62. The van der Waals surface area contributed by atoms with Gasteiger partial charge in [-0.2, -0.15) is 13.2 Å². The number of benzene rings is 3. The first-order valence-corrected chi connectivity index (χ1v) is 11.6. The zero-order valence-electron chi connectivity index (χ0n) is 18.5. The highest BCUT2D eigenvalue weighted by molar-refractivity contribution is 5.37. The van der Waals surface area contributed by atoms with Crippen molar-refractivity contribution in [2.24, 2.45) is 5.92 Å². The van der Waals surface area contributed by atoms with E-state index in [2.05, 4.69) is 29.2 Å². The molecule has 3 aliphatic heterocycles. The number of ether oxygens (including phenoxy) is 1. The van der Waals surface area contributed by atoms with Gasteiger partial charge < -0.3 is 4.74 Å². The van der Waals surface area contributed by atoms with Crippen molar-refractivity contribution in [1.82, 2.24) is 4.90 Å². The van der Waals surface area contributed by atoms with Gasteiger partial charge >= 0.3 is 6.18 Å². The molecular formula is C28H28F3NO. The summed E-state index contributed by atoms with van der Waals surface area (Å²) in [5, 5.41) is 0. The molecule has 172 valence electrons. The van der Waals surface area contributed by atoms with Gasteiger partial charge in [0.15, 0.2) is 0 Å². The molecule has 5 heteroatoms. The Morgan fingerprint density at radius 3 is 1.97 bits per heavy atom. The Balaban J connectivity index is 1.55. The van der Waals surface area contributed by atoms with Crippen LogP contribution in [0.3, 0.4) is 0 Å². The third-order valence-electron chi connectivity index (χ3n) is 7.19. The molecule has 33 heavy (non-hydrogen) atoms. The zero-order chi connectivity index (χ0) is 22.9. The van der Waals surface area contributed by atoms with Crippen LogP contribution in [0.4, 0.5) is 13.2 Å². The minimum Gasteiger partial charge on any atom is -0.355 e. The van der Waals surface area contributed by atoms with Crippen LogP contribution in [0.2, 0.25) is 0 Å². The summed E-state index contributed by atoms with van der Waals surface area (Å²) in [4.78, 5) is 2.44. The Morgan fingerprint density at radius 1 is 0.848 bits per heavy atom. The highest BCUT2D eigenvalue weighted by atomic mass is 19.4. The van der Waals surface area contributed by atoms with Crippen LogP contribution in [-0.4, -0.2) is 23.7 Å². The van der Waals surface area contributed by atoms with Gasteiger partial charge in [-0.1, -0.05) is 72.8 Å². The molecule has 0 radical (unpaired) electrons. The van der Waals surface area contributed by atoms with Crippen molar-refractivity contribution in [3.05, 3.63) is 107 Å². The topological polar surface area (TPSA) is 12.5 Å². The van der Waals surface area contributed by atoms with E-state index in [1.165, 1.54) is 23.3 Å². The van der Waals surface area contributed by atoms with Gasteiger partial charge in [0.05, 0.1) is 18.1 Å². The minimum absolute atomic E-state index is 0.0335. The number of fused-ring (bicyclic) bond motifs is 3. The van der Waals surface area contributed by atoms with Gasteiger partial charge in [0, 0.05) is 13.1 Å². The van der Waals surface area contributed by atoms with Crippen LogP contribution in [0.15, 0.2) is 84.9 Å². The van der Waals surface area contributed by atoms with E-state index in [0.717, 1.165) is 38.4 Å². The second-order valence-electron chi connectivity index (χ2n) is 9.22. The quantitative estimate of drug-likeness (QED) is 0.406. The molecule has 1 atom stereocenters. The molecule has 0 spiro atoms. The van der Waals surface area contributed by atoms with E-state index in [0.29, 0.717) is 11.5 Å². The number of rotatable bonds is 6. The number of nitrogens with zero attached hydrogens (tertiary/aromatic N) is 1. The lowest BCUT2D eigenvalue weighted by molar-refractivity contribution is -0.222. The molecule has 3 aliphatic rings. The molecule has 3 heterocycles. The van der Waals surface area contributed by atoms with Crippen molar-refractivity contribution in [2.45, 2.75) is 43.7 Å². The summed E-state index contributed by atoms with van der Waals surface area (Å²) in [5.74, 6) is 0.528. The van der Waals surface area contributed by atoms with Crippen LogP contribution in [0.1, 0.15) is 47.4 Å². The summed E-state index contributed by atoms with van der Waals surface area (Å²) >= 11 is 0. The number of alkyl halides is 3. The molecule has 2 nitrogen and oxygen atoms in total. The van der Waals surface area contributed by atoms with Crippen LogP contribution in [0, 0.1) is 5.92 Å². The number of hydrogen-bond acceptors (Lipinski definition) is 2. The van der Waals surface area contributed by atoms with Crippen LogP contribution in [0.5, 0.6) is 0 Å². The molecule has 1 unspecified atom stereocenters. The molecule has 2 bridgehead atoms. The second-order valence-corrected chi connectivity index (χ2v) is 9.22. The molecule has 3 saturated heterocycles. The van der Waals surface area contributed by atoms with Crippen molar-refractivity contribution in [3.8, 4) is 0 Å². The lowest BCUT2D eigenvalue weighted by atomic mass is 9.71. The highest BCUT2D eigenvalue weighted by Crippen LogP contribution is 2.50. The first-order chi connectivity index (χ1) is 16.0. The molecule has 0 aliphatic carbocycles. The van der Waals surface area contributed by atoms with E-state index in [4.69, 9.17) is 4.74 Å². The molecular weight excluding hydrogens is 423 g/mol. The lowest BCUT2D eigenvalue weighted by Gasteiger charge is -2.57. The van der Waals surface area contributed by atoms with E-state index in [9.17, 15) is 13.2 Å². The fourth-order valence-electron chi connectivity index (χ4n) is 5.64. The maximum atomic E-state index is 13.3. The van der Waals surface area contributed by atoms with Gasteiger partial charge in [-0.15, -0.1) is 0 Å². The van der Waals surface area contributed by atoms with Gasteiger partial charge in [0.2, 0.25) is 0 Å². The zero-order valence-corrected chi connectivity index (χ0v) is 18.5. The van der Waals surface area contributed by atoms with Gasteiger partial charge in [-0.3, -0.25) is 4.90 Å². The fourth-order valence-corrected chi connectivity index (χ4v) is 5.64. The Labute approximate surface area is 193 Å². The van der Waals surface area contributed by atoms with Crippen LogP contribution < -0.4 is 0 Å². The van der Waals surface area contributed by atoms with E-state index in [1.54, 1.807) is 6.07 Å². The van der Waals surface area contributed by atoms with Crippen molar-refractivity contribution >= 4 is 0 Å². The van der Waals surface area contributed by atoms with Gasteiger partial charge in [-0.25, -0.2) is 0 Å². The van der Waals surface area contributed by atoms with Gasteiger partial charge in [0.1, 0.15) is 5.72 Å². The standard InChI is InChI=1S/C28H28F3NO/c29-28(30,31)25-13-7-8-22(18-25)20-33-27(19-21-14-16-32(27)17-15-21)26(23-9-3-1-4-10-23)24-11-5-2-6-12-24/h1-13,18,21,26H,14-17,19-20H2. The van der Waals surface area contributed by atoms with Crippen molar-refractivity contribution in [2.75, 3.05) is 13.1 Å². The van der Waals surface area contributed by atoms with E-state index in [1.807, 2.05) is 36.4 Å². The summed E-state index contributed by atoms with van der Waals surface area (Å²) in [7, 11) is 0. The van der Waals surface area contributed by atoms with Crippen LogP contribution in [0.25, 0.3) is 0 Å². The van der Waals surface area contributed by atoms with E-state index >= 15 is 0 Å². The second kappa shape index (κ2) is 8.96. The molecule has 0 amide bonds. The predicted octanol–water partition coefficient (Wildman–Crippen LogP) is 6.87. The maximum absolute atomic E-state index is 13.3. The SMILES string of the molecule is FC(F)(F)c1cccc(COC2(C(c3ccccc3)c3ccccc3)CC3CCN2CC3)c1. The van der Waals surface area contributed by atoms with Crippen molar-refractivity contribution in [3.63, 3.8) is 0 Å². The predicted molar refractivity (Wildman–Crippen MR) is 123 cm³/mol. The summed E-state index contributed by atoms with van der Waals surface area (Å²) in [6, 6.07) is 26.2. The van der Waals surface area contributed by atoms with Crippen LogP contribution in [-0.2, 0) is 17.5 Å². The largest absolute Gasteiger partial charge is 0.416 e. The summed E-state index contributed by atoms with van der Waals surface area (Å²) < 4.78 is 46.6. The minimum atomic E-state index is -4.36. The average Bonchev–Trinajstić information content (AvgIpc) is 2.85. The van der Waals surface area contributed by atoms with Crippen LogP contribution >= 0.6 is 0 Å². The Hall–Kier alpha value is -2.63. The third-order valence-corrected chi connectivity index (χ3v) is 7.19. The molecule has 3 aromatic carbocycles. The first kappa shape index (κ1) is 22.2. The smallest absolute Gasteiger partial charge is 0.355 e. The maximum Gasteiger partial charge on any atom is 0.416 e. The van der Waals surface area contributed by atoms with E-state index < -0.39 is 17.5 Å². The number of piperidine rings is 3. The summed E-state index contributed by atoms with van der Waals surface area (Å²) in [6.45, 7) is 2.04. The third kappa shape index (κ3) is 4.44. The van der Waals surface area contributed by atoms with Crippen molar-refractivity contribution < 1.29 is 17.9 Å². The molecule has 6 rings (SSSR count). The Kier molecular flexibility index (Phi) is 6.02. The Bertz CT molecular complexity index is 1020. The highest BCUT2D eigenvalue weighted by Gasteiger charge is 2.52. The first-order valence-electron chi connectivity index (χ1n) is 11.6. The molecule has 0 saturated carbocycles. The van der Waals surface area contributed by atoms with Gasteiger partial charge in [0.25, 0.3) is 0 Å². The monoisotopic (exact) mass is 451 g/mol. The Morgan fingerprint density at radius 2 is 1.45 bits per heavy atom. The fraction of sp³-hybridized carbons (Fsp3) is 0.357. The van der Waals surface area contributed by atoms with Gasteiger partial charge in [-0.05, 0) is 54.0 Å². The molecule has 0 N–H and O–H groups in total. The van der Waals surface area contributed by atoms with E-state index in [-0.39, 0.29) is 12.5 Å². The number of hydrogen-bond donors (Lipinski definition) is 0. The molecule has 3 aromatic rings. The molecule has 3 fully saturated rings.